The van der Waals surface area contributed by atoms with Crippen LogP contribution < -0.4 is 0 Å². The van der Waals surface area contributed by atoms with Crippen LogP contribution in [0.3, 0.4) is 0 Å². The van der Waals surface area contributed by atoms with Crippen molar-refractivity contribution in [2.45, 2.75) is 102 Å². The van der Waals surface area contributed by atoms with Crippen LogP contribution in [0.2, 0.25) is 0 Å². The highest BCUT2D eigenvalue weighted by Gasteiger charge is 2.47. The molecule has 5 nitrogen and oxygen atoms in total. The van der Waals surface area contributed by atoms with Gasteiger partial charge in [0, 0.05) is 12.9 Å². The molecular weight excluding hydrogens is 565 g/mol. The summed E-state index contributed by atoms with van der Waals surface area (Å²) in [5, 5.41) is 8.48. The van der Waals surface area contributed by atoms with Gasteiger partial charge in [-0.2, -0.15) is 0 Å². The van der Waals surface area contributed by atoms with Crippen LogP contribution in [-0.4, -0.2) is 40.1 Å². The van der Waals surface area contributed by atoms with Crippen molar-refractivity contribution >= 4 is 19.7 Å². The maximum absolute atomic E-state index is 12.5. The van der Waals surface area contributed by atoms with E-state index in [1.165, 1.54) is 23.8 Å². The Morgan fingerprint density at radius 1 is 0.762 bits per heavy atom. The third-order valence-corrected chi connectivity index (χ3v) is 10.7. The number of sulfone groups is 2. The van der Waals surface area contributed by atoms with Crippen LogP contribution in [-0.2, 0) is 19.7 Å². The lowest BCUT2D eigenvalue weighted by Gasteiger charge is -2.10. The summed E-state index contributed by atoms with van der Waals surface area (Å²) in [4.78, 5) is 0.852. The first-order valence-electron chi connectivity index (χ1n) is 15.1. The minimum atomic E-state index is -3.11. The number of allylic oxidation sites excluding steroid dienone is 4. The van der Waals surface area contributed by atoms with E-state index in [0.717, 1.165) is 38.5 Å². The summed E-state index contributed by atoms with van der Waals surface area (Å²) < 4.78 is 46.6. The highest BCUT2D eigenvalue weighted by atomic mass is 32.2. The van der Waals surface area contributed by atoms with Crippen molar-refractivity contribution in [2.75, 3.05) is 12.9 Å². The van der Waals surface area contributed by atoms with E-state index < -0.39 is 19.7 Å². The summed E-state index contributed by atoms with van der Waals surface area (Å²) in [5.41, 5.74) is 2.75. The Balaban J connectivity index is 0.000000353. The van der Waals surface area contributed by atoms with Gasteiger partial charge >= 0.3 is 0 Å². The third-order valence-electron chi connectivity index (χ3n) is 7.25. The fourth-order valence-electron chi connectivity index (χ4n) is 4.61. The minimum absolute atomic E-state index is 0.147. The molecule has 1 fully saturated rings. The van der Waals surface area contributed by atoms with Crippen molar-refractivity contribution in [1.29, 1.82) is 0 Å². The zero-order chi connectivity index (χ0) is 31.8. The van der Waals surface area contributed by atoms with Gasteiger partial charge in [-0.3, -0.25) is 0 Å². The molecule has 7 heteroatoms. The quantitative estimate of drug-likeness (QED) is 0.228. The van der Waals surface area contributed by atoms with Gasteiger partial charge in [0.05, 0.1) is 15.0 Å². The summed E-state index contributed by atoms with van der Waals surface area (Å²) in [6.07, 6.45) is 13.1. The van der Waals surface area contributed by atoms with E-state index in [4.69, 9.17) is 5.11 Å². The smallest absolute Gasteiger partial charge is 0.181 e. The Morgan fingerprint density at radius 2 is 1.21 bits per heavy atom. The topological polar surface area (TPSA) is 88.5 Å². The van der Waals surface area contributed by atoms with Crippen molar-refractivity contribution in [3.05, 3.63) is 84.0 Å². The van der Waals surface area contributed by atoms with Crippen LogP contribution in [0.25, 0.3) is 0 Å². The minimum Gasteiger partial charge on any atom is -0.396 e. The molecule has 0 bridgehead atoms. The summed E-state index contributed by atoms with van der Waals surface area (Å²) in [6, 6.07) is 17.2. The van der Waals surface area contributed by atoms with Crippen LogP contribution >= 0.6 is 0 Å². The molecule has 0 heterocycles. The van der Waals surface area contributed by atoms with E-state index in [0.29, 0.717) is 34.2 Å². The molecule has 2 aromatic rings. The first-order valence-corrected chi connectivity index (χ1v) is 18.5. The van der Waals surface area contributed by atoms with E-state index in [1.54, 1.807) is 54.6 Å². The molecule has 1 aliphatic carbocycles. The van der Waals surface area contributed by atoms with Crippen LogP contribution in [0.4, 0.5) is 0 Å². The molecule has 4 atom stereocenters. The van der Waals surface area contributed by atoms with E-state index >= 15 is 0 Å². The molecule has 0 amide bonds. The maximum atomic E-state index is 12.5. The van der Waals surface area contributed by atoms with Crippen LogP contribution in [0.5, 0.6) is 0 Å². The van der Waals surface area contributed by atoms with Crippen LogP contribution in [0.1, 0.15) is 86.5 Å². The number of hydrogen-bond donors (Lipinski definition) is 1. The van der Waals surface area contributed by atoms with Gasteiger partial charge in [0.2, 0.25) is 0 Å². The first kappa shape index (κ1) is 37.8. The highest BCUT2D eigenvalue weighted by molar-refractivity contribution is 7.92. The molecule has 1 saturated carbocycles. The predicted molar refractivity (Wildman–Crippen MR) is 177 cm³/mol. The summed E-state index contributed by atoms with van der Waals surface area (Å²) in [7, 11) is -6.11. The predicted octanol–water partition coefficient (Wildman–Crippen LogP) is 8.46. The molecule has 0 aliphatic heterocycles. The van der Waals surface area contributed by atoms with Crippen molar-refractivity contribution < 1.29 is 21.9 Å². The molecule has 236 valence electrons. The van der Waals surface area contributed by atoms with Crippen molar-refractivity contribution in [1.82, 2.24) is 0 Å². The maximum Gasteiger partial charge on any atom is 0.181 e. The fraction of sp³-hybridized carbons (Fsp3) is 0.543. The second kappa shape index (κ2) is 19.1. The molecule has 3 rings (SSSR count). The van der Waals surface area contributed by atoms with Gasteiger partial charge in [-0.1, -0.05) is 73.5 Å². The molecule has 1 aliphatic rings. The lowest BCUT2D eigenvalue weighted by Crippen LogP contribution is -2.10. The number of rotatable bonds is 13. The van der Waals surface area contributed by atoms with Crippen molar-refractivity contribution in [3.8, 4) is 0 Å². The van der Waals surface area contributed by atoms with E-state index in [2.05, 4.69) is 53.7 Å². The lowest BCUT2D eigenvalue weighted by molar-refractivity contribution is 0.259. The van der Waals surface area contributed by atoms with E-state index in [9.17, 15) is 16.8 Å². The van der Waals surface area contributed by atoms with Crippen molar-refractivity contribution in [3.63, 3.8) is 0 Å². The Bertz CT molecular complexity index is 1290. The Labute approximate surface area is 257 Å². The second-order valence-electron chi connectivity index (χ2n) is 12.2. The Morgan fingerprint density at radius 3 is 1.62 bits per heavy atom. The van der Waals surface area contributed by atoms with Gasteiger partial charge in [0.1, 0.15) is 0 Å². The average molecular weight is 619 g/mol. The molecular formula is C35H54O5S2. The van der Waals surface area contributed by atoms with E-state index in [1.807, 2.05) is 6.07 Å². The van der Waals surface area contributed by atoms with Gasteiger partial charge in [0.25, 0.3) is 0 Å². The molecule has 0 aromatic heterocycles. The van der Waals surface area contributed by atoms with Gasteiger partial charge in [-0.05, 0) is 115 Å². The van der Waals surface area contributed by atoms with Gasteiger partial charge in [0.15, 0.2) is 19.7 Å². The standard InChI is InChI=1S/C18H26O2S.C10H20O.C7H8O2S/c1-14(2)8-7-9-15(3)12-16-13-18(16)21(19,20)17-10-5-4-6-11-17;1-9(2)5-4-6-10(3)7-8-11;1-10(8,9)7-5-3-2-4-6-7/h4-6,8,10-11,15-16,18H,7,9,12-13H2,1-3H3;5,10-11H,4,6-8H2,1-3H3;2-6H,1H3/t15-,16?,18+;10-;/m00./s1. The molecule has 42 heavy (non-hydrogen) atoms. The Kier molecular flexibility index (Phi) is 17.2. The summed E-state index contributed by atoms with van der Waals surface area (Å²) in [5.74, 6) is 1.62. The van der Waals surface area contributed by atoms with E-state index in [-0.39, 0.29) is 5.25 Å². The highest BCUT2D eigenvalue weighted by Crippen LogP contribution is 2.44. The first-order chi connectivity index (χ1) is 19.7. The van der Waals surface area contributed by atoms with Crippen molar-refractivity contribution in [2.24, 2.45) is 17.8 Å². The molecule has 0 spiro atoms. The number of hydrogen-bond acceptors (Lipinski definition) is 5. The van der Waals surface area contributed by atoms with Gasteiger partial charge in [-0.25, -0.2) is 16.8 Å². The zero-order valence-electron chi connectivity index (χ0n) is 26.8. The van der Waals surface area contributed by atoms with Crippen LogP contribution in [0.15, 0.2) is 93.8 Å². The molecule has 1 unspecified atom stereocenters. The van der Waals surface area contributed by atoms with Gasteiger partial charge in [-0.15, -0.1) is 0 Å². The molecule has 2 aromatic carbocycles. The number of aliphatic hydroxyl groups is 1. The van der Waals surface area contributed by atoms with Crippen LogP contribution in [0, 0.1) is 17.8 Å². The lowest BCUT2D eigenvalue weighted by atomic mass is 9.98. The molecule has 0 saturated heterocycles. The largest absolute Gasteiger partial charge is 0.396 e. The fourth-order valence-corrected chi connectivity index (χ4v) is 7.27. The molecule has 1 N–H and O–H groups in total. The summed E-state index contributed by atoms with van der Waals surface area (Å²) in [6.45, 7) is 13.2. The zero-order valence-corrected chi connectivity index (χ0v) is 28.4. The normalized spacial score (nSPS) is 17.3. The number of benzene rings is 2. The summed E-state index contributed by atoms with van der Waals surface area (Å²) >= 11 is 0. The average Bonchev–Trinajstić information content (AvgIpc) is 3.70. The second-order valence-corrected chi connectivity index (χ2v) is 16.3. The SMILES string of the molecule is CC(C)=CCC[C@H](C)CC1C[C@H]1S(=O)(=O)c1ccccc1.CC(C)=CCC[C@H](C)CCO.CS(=O)(=O)c1ccccc1. The molecule has 0 radical (unpaired) electrons. The number of aliphatic hydroxyl groups excluding tert-OH is 1. The van der Waals surface area contributed by atoms with Gasteiger partial charge < -0.3 is 5.11 Å². The Hall–Kier alpha value is -2.22. The third kappa shape index (κ3) is 15.9. The monoisotopic (exact) mass is 618 g/mol.